The van der Waals surface area contributed by atoms with Crippen molar-refractivity contribution in [1.29, 1.82) is 0 Å². The molecule has 0 aliphatic heterocycles. The summed E-state index contributed by atoms with van der Waals surface area (Å²) in [6.07, 6.45) is 0. The van der Waals surface area contributed by atoms with Crippen LogP contribution in [0.25, 0.3) is 10.9 Å². The Morgan fingerprint density at radius 2 is 1.95 bits per heavy atom. The number of halogens is 1. The van der Waals surface area contributed by atoms with Gasteiger partial charge in [-0.05, 0) is 36.8 Å². The molecular formula is C16H13BrN2O. The van der Waals surface area contributed by atoms with Gasteiger partial charge in [-0.15, -0.1) is 0 Å². The molecule has 0 radical (unpaired) electrons. The second-order valence-electron chi connectivity index (χ2n) is 4.64. The molecule has 20 heavy (non-hydrogen) atoms. The van der Waals surface area contributed by atoms with Crippen LogP contribution >= 0.6 is 15.9 Å². The Balaban J connectivity index is 1.95. The Morgan fingerprint density at radius 1 is 1.15 bits per heavy atom. The lowest BCUT2D eigenvalue weighted by Crippen LogP contribution is -2.13. The summed E-state index contributed by atoms with van der Waals surface area (Å²) in [7, 11) is 0. The van der Waals surface area contributed by atoms with Crippen LogP contribution < -0.4 is 5.32 Å². The number of carbonyl (C=O) groups excluding carboxylic acids is 1. The predicted octanol–water partition coefficient (Wildman–Crippen LogP) is 4.49. The van der Waals surface area contributed by atoms with Crippen molar-refractivity contribution in [2.75, 3.05) is 5.32 Å². The van der Waals surface area contributed by atoms with Crippen LogP contribution in [-0.2, 0) is 0 Å². The minimum atomic E-state index is -0.128. The Kier molecular flexibility index (Phi) is 3.32. The maximum Gasteiger partial charge on any atom is 0.272 e. The molecule has 0 bridgehead atoms. The van der Waals surface area contributed by atoms with Gasteiger partial charge in [-0.3, -0.25) is 4.79 Å². The fourth-order valence-electron chi connectivity index (χ4n) is 2.27. The molecule has 2 aromatic carbocycles. The number of hydrogen-bond acceptors (Lipinski definition) is 1. The summed E-state index contributed by atoms with van der Waals surface area (Å²) in [5.41, 5.74) is 3.31. The molecule has 2 N–H and O–H groups in total. The van der Waals surface area contributed by atoms with Crippen molar-refractivity contribution in [1.82, 2.24) is 4.98 Å². The van der Waals surface area contributed by atoms with Gasteiger partial charge < -0.3 is 10.3 Å². The summed E-state index contributed by atoms with van der Waals surface area (Å²) in [5, 5.41) is 3.98. The zero-order valence-corrected chi connectivity index (χ0v) is 12.5. The highest BCUT2D eigenvalue weighted by Gasteiger charge is 2.14. The van der Waals surface area contributed by atoms with Crippen LogP contribution in [0.3, 0.4) is 0 Å². The third kappa shape index (κ3) is 2.34. The van der Waals surface area contributed by atoms with Gasteiger partial charge in [0, 0.05) is 21.1 Å². The molecule has 0 saturated heterocycles. The molecule has 0 aliphatic rings. The van der Waals surface area contributed by atoms with Gasteiger partial charge in [0.2, 0.25) is 0 Å². The monoisotopic (exact) mass is 328 g/mol. The molecule has 0 atom stereocenters. The van der Waals surface area contributed by atoms with Crippen molar-refractivity contribution < 1.29 is 4.79 Å². The van der Waals surface area contributed by atoms with Crippen molar-refractivity contribution in [3.05, 3.63) is 64.3 Å². The number of nitrogens with one attached hydrogen (secondary N) is 2. The van der Waals surface area contributed by atoms with E-state index in [2.05, 4.69) is 26.2 Å². The largest absolute Gasteiger partial charge is 0.350 e. The van der Waals surface area contributed by atoms with E-state index in [-0.39, 0.29) is 5.91 Å². The third-order valence-corrected chi connectivity index (χ3v) is 3.77. The Bertz CT molecular complexity index is 792. The second kappa shape index (κ2) is 5.13. The van der Waals surface area contributed by atoms with Crippen LogP contribution in [0.1, 0.15) is 16.1 Å². The molecule has 0 fully saturated rings. The number of aryl methyl sites for hydroxylation is 1. The highest BCUT2D eigenvalue weighted by atomic mass is 79.9. The Morgan fingerprint density at radius 3 is 2.70 bits per heavy atom. The molecule has 0 aliphatic carbocycles. The number of H-pyrrole nitrogens is 1. The third-order valence-electron chi connectivity index (χ3n) is 3.28. The summed E-state index contributed by atoms with van der Waals surface area (Å²) in [5.74, 6) is -0.128. The molecule has 1 amide bonds. The molecule has 1 heterocycles. The number of fused-ring (bicyclic) bond motifs is 1. The minimum absolute atomic E-state index is 0.128. The Labute approximate surface area is 125 Å². The molecule has 0 unspecified atom stereocenters. The van der Waals surface area contributed by atoms with E-state index in [0.29, 0.717) is 5.69 Å². The van der Waals surface area contributed by atoms with Gasteiger partial charge in [0.1, 0.15) is 5.69 Å². The van der Waals surface area contributed by atoms with E-state index in [4.69, 9.17) is 0 Å². The van der Waals surface area contributed by atoms with Gasteiger partial charge in [-0.1, -0.05) is 40.2 Å². The summed E-state index contributed by atoms with van der Waals surface area (Å²) >= 11 is 3.39. The van der Waals surface area contributed by atoms with Gasteiger partial charge >= 0.3 is 0 Å². The topological polar surface area (TPSA) is 44.9 Å². The van der Waals surface area contributed by atoms with Crippen molar-refractivity contribution in [3.63, 3.8) is 0 Å². The van der Waals surface area contributed by atoms with E-state index >= 15 is 0 Å². The number of amides is 1. The van der Waals surface area contributed by atoms with Crippen molar-refractivity contribution in [3.8, 4) is 0 Å². The standard InChI is InChI=1S/C16H13BrN2O/c1-10-13-7-2-3-8-14(13)19-15(10)16(20)18-12-6-4-5-11(17)9-12/h2-9,19H,1H3,(H,18,20). The van der Waals surface area contributed by atoms with Crippen molar-refractivity contribution in [2.24, 2.45) is 0 Å². The number of hydrogen-bond donors (Lipinski definition) is 2. The van der Waals surface area contributed by atoms with Gasteiger partial charge in [0.25, 0.3) is 5.91 Å². The molecule has 4 heteroatoms. The number of para-hydroxylation sites is 1. The first-order chi connectivity index (χ1) is 9.65. The van der Waals surface area contributed by atoms with E-state index in [9.17, 15) is 4.79 Å². The molecule has 0 spiro atoms. The normalized spacial score (nSPS) is 10.7. The Hall–Kier alpha value is -2.07. The average molecular weight is 329 g/mol. The first kappa shape index (κ1) is 12.9. The lowest BCUT2D eigenvalue weighted by molar-refractivity contribution is 0.102. The lowest BCUT2D eigenvalue weighted by Gasteiger charge is -2.05. The fraction of sp³-hybridized carbons (Fsp3) is 0.0625. The quantitative estimate of drug-likeness (QED) is 0.715. The van der Waals surface area contributed by atoms with Crippen molar-refractivity contribution >= 4 is 38.4 Å². The van der Waals surface area contributed by atoms with E-state index in [1.807, 2.05) is 55.5 Å². The van der Waals surface area contributed by atoms with Crippen LogP contribution in [-0.4, -0.2) is 10.9 Å². The molecule has 3 aromatic rings. The zero-order valence-electron chi connectivity index (χ0n) is 10.9. The van der Waals surface area contributed by atoms with Gasteiger partial charge in [-0.2, -0.15) is 0 Å². The van der Waals surface area contributed by atoms with Crippen LogP contribution in [0.2, 0.25) is 0 Å². The van der Waals surface area contributed by atoms with E-state index < -0.39 is 0 Å². The van der Waals surface area contributed by atoms with E-state index in [1.165, 1.54) is 0 Å². The van der Waals surface area contributed by atoms with Gasteiger partial charge in [0.05, 0.1) is 0 Å². The number of aromatic amines is 1. The highest BCUT2D eigenvalue weighted by molar-refractivity contribution is 9.10. The van der Waals surface area contributed by atoms with E-state index in [1.54, 1.807) is 0 Å². The van der Waals surface area contributed by atoms with Gasteiger partial charge in [-0.25, -0.2) is 0 Å². The number of aromatic nitrogens is 1. The first-order valence-electron chi connectivity index (χ1n) is 6.29. The maximum absolute atomic E-state index is 12.4. The molecule has 1 aromatic heterocycles. The number of benzene rings is 2. The van der Waals surface area contributed by atoms with Crippen LogP contribution in [0.5, 0.6) is 0 Å². The number of anilines is 1. The minimum Gasteiger partial charge on any atom is -0.350 e. The van der Waals surface area contributed by atoms with Crippen LogP contribution in [0.4, 0.5) is 5.69 Å². The molecule has 100 valence electrons. The van der Waals surface area contributed by atoms with Crippen molar-refractivity contribution in [2.45, 2.75) is 6.92 Å². The molecular weight excluding hydrogens is 316 g/mol. The fourth-order valence-corrected chi connectivity index (χ4v) is 2.67. The maximum atomic E-state index is 12.4. The van der Waals surface area contributed by atoms with Crippen LogP contribution in [0.15, 0.2) is 53.0 Å². The summed E-state index contributed by atoms with van der Waals surface area (Å²) in [6, 6.07) is 15.4. The molecule has 3 rings (SSSR count). The van der Waals surface area contributed by atoms with E-state index in [0.717, 1.165) is 26.6 Å². The average Bonchev–Trinajstić information content (AvgIpc) is 2.77. The summed E-state index contributed by atoms with van der Waals surface area (Å²) in [4.78, 5) is 15.5. The smallest absolute Gasteiger partial charge is 0.272 e. The van der Waals surface area contributed by atoms with Gasteiger partial charge in [0.15, 0.2) is 0 Å². The predicted molar refractivity (Wildman–Crippen MR) is 85.1 cm³/mol. The summed E-state index contributed by atoms with van der Waals surface area (Å²) < 4.78 is 0.934. The van der Waals surface area contributed by atoms with Crippen LogP contribution in [0, 0.1) is 6.92 Å². The highest BCUT2D eigenvalue weighted by Crippen LogP contribution is 2.22. The second-order valence-corrected chi connectivity index (χ2v) is 5.55. The molecule has 0 saturated carbocycles. The number of carbonyl (C=O) groups is 1. The SMILES string of the molecule is Cc1c(C(=O)Nc2cccc(Br)c2)[nH]c2ccccc12. The zero-order chi connectivity index (χ0) is 14.1. The lowest BCUT2D eigenvalue weighted by atomic mass is 10.1. The molecule has 3 nitrogen and oxygen atoms in total. The number of rotatable bonds is 2. The first-order valence-corrected chi connectivity index (χ1v) is 7.08. The summed E-state index contributed by atoms with van der Waals surface area (Å²) in [6.45, 7) is 1.95.